The van der Waals surface area contributed by atoms with Crippen molar-refractivity contribution in [3.8, 4) is 5.75 Å². The van der Waals surface area contributed by atoms with Crippen molar-refractivity contribution in [3.05, 3.63) is 52.9 Å². The number of halogens is 1. The summed E-state index contributed by atoms with van der Waals surface area (Å²) in [5.41, 5.74) is 3.18. The minimum absolute atomic E-state index is 0.0551. The van der Waals surface area contributed by atoms with Gasteiger partial charge in [0.2, 0.25) is 0 Å². The highest BCUT2D eigenvalue weighted by Gasteiger charge is 2.10. The van der Waals surface area contributed by atoms with Crippen LogP contribution in [0.2, 0.25) is 0 Å². The van der Waals surface area contributed by atoms with Crippen molar-refractivity contribution in [1.82, 2.24) is 9.78 Å². The average molecular weight is 319 g/mol. The third-order valence-corrected chi connectivity index (χ3v) is 3.70. The summed E-state index contributed by atoms with van der Waals surface area (Å²) in [6, 6.07) is 5.65. The van der Waals surface area contributed by atoms with Gasteiger partial charge in [-0.05, 0) is 37.6 Å². The molecule has 0 aliphatic rings. The maximum absolute atomic E-state index is 12.3. The normalized spacial score (nSPS) is 11.1. The van der Waals surface area contributed by atoms with E-state index in [0.717, 1.165) is 29.1 Å². The van der Waals surface area contributed by atoms with E-state index in [4.69, 9.17) is 16.3 Å². The Hall–Kier alpha value is -2.07. The molecule has 0 aliphatic heterocycles. The Morgan fingerprint density at radius 3 is 2.82 bits per heavy atom. The van der Waals surface area contributed by atoms with Gasteiger partial charge in [-0.3, -0.25) is 9.48 Å². The summed E-state index contributed by atoms with van der Waals surface area (Å²) in [7, 11) is 1.61. The number of hydrogen-bond acceptors (Lipinski definition) is 3. The van der Waals surface area contributed by atoms with Gasteiger partial charge in [0, 0.05) is 18.3 Å². The van der Waals surface area contributed by atoms with Crippen LogP contribution < -0.4 is 4.74 Å². The minimum atomic E-state index is -0.0551. The molecule has 5 heteroatoms. The zero-order chi connectivity index (χ0) is 16.1. The van der Waals surface area contributed by atoms with E-state index in [0.29, 0.717) is 11.4 Å². The van der Waals surface area contributed by atoms with Crippen molar-refractivity contribution in [2.75, 3.05) is 7.11 Å². The zero-order valence-electron chi connectivity index (χ0n) is 13.0. The molecule has 0 N–H and O–H groups in total. The number of alkyl halides is 1. The molecule has 1 aromatic heterocycles. The fourth-order valence-electron chi connectivity index (χ4n) is 2.19. The van der Waals surface area contributed by atoms with Gasteiger partial charge in [-0.2, -0.15) is 5.10 Å². The van der Waals surface area contributed by atoms with Crippen LogP contribution in [0.1, 0.15) is 34.1 Å². The molecule has 0 saturated carbocycles. The van der Waals surface area contributed by atoms with Gasteiger partial charge in [0.25, 0.3) is 0 Å². The minimum Gasteiger partial charge on any atom is -0.496 e. The smallest absolute Gasteiger partial charge is 0.189 e. The highest BCUT2D eigenvalue weighted by Crippen LogP contribution is 2.22. The number of nitrogens with zero attached hydrogens (tertiary/aromatic N) is 2. The third kappa shape index (κ3) is 3.57. The third-order valence-electron chi connectivity index (χ3n) is 3.41. The number of rotatable bonds is 6. The monoisotopic (exact) mass is 318 g/mol. The van der Waals surface area contributed by atoms with E-state index in [1.807, 2.05) is 32.0 Å². The Kier molecular flexibility index (Phi) is 5.39. The van der Waals surface area contributed by atoms with Crippen molar-refractivity contribution in [2.45, 2.75) is 26.3 Å². The van der Waals surface area contributed by atoms with Gasteiger partial charge >= 0.3 is 0 Å². The molecule has 0 saturated heterocycles. The van der Waals surface area contributed by atoms with E-state index >= 15 is 0 Å². The second-order valence-electron chi connectivity index (χ2n) is 4.89. The molecule has 0 bridgehead atoms. The molecule has 1 aromatic carbocycles. The summed E-state index contributed by atoms with van der Waals surface area (Å²) in [5.74, 6) is 1.06. The number of allylic oxidation sites excluding steroid dienone is 1. The van der Waals surface area contributed by atoms with E-state index in [-0.39, 0.29) is 5.78 Å². The predicted molar refractivity (Wildman–Crippen MR) is 88.6 cm³/mol. The molecule has 0 spiro atoms. The Balaban J connectivity index is 2.20. The maximum Gasteiger partial charge on any atom is 0.189 e. The van der Waals surface area contributed by atoms with Gasteiger partial charge in [-0.25, -0.2) is 0 Å². The maximum atomic E-state index is 12.3. The van der Waals surface area contributed by atoms with Crippen molar-refractivity contribution < 1.29 is 9.53 Å². The lowest BCUT2D eigenvalue weighted by atomic mass is 10.1. The standard InChI is InChI=1S/C17H19ClN2O2/c1-4-20-11-15(12(2)19-20)16(21)7-5-13-6-8-17(22-3)14(9-13)10-18/h5-9,11H,4,10H2,1-3H3/b7-5+. The van der Waals surface area contributed by atoms with Gasteiger partial charge < -0.3 is 4.74 Å². The molecule has 0 atom stereocenters. The van der Waals surface area contributed by atoms with Gasteiger partial charge in [0.1, 0.15) is 5.75 Å². The molecule has 1 heterocycles. The zero-order valence-corrected chi connectivity index (χ0v) is 13.7. The number of benzene rings is 1. The van der Waals surface area contributed by atoms with Crippen LogP contribution in [0.5, 0.6) is 5.75 Å². The molecule has 22 heavy (non-hydrogen) atoms. The van der Waals surface area contributed by atoms with E-state index in [2.05, 4.69) is 5.10 Å². The number of aromatic nitrogens is 2. The lowest BCUT2D eigenvalue weighted by Crippen LogP contribution is -1.95. The number of carbonyl (C=O) groups is 1. The summed E-state index contributed by atoms with van der Waals surface area (Å²) >= 11 is 5.90. The fraction of sp³-hybridized carbons (Fsp3) is 0.294. The highest BCUT2D eigenvalue weighted by molar-refractivity contribution is 6.17. The van der Waals surface area contributed by atoms with Gasteiger partial charge in [0.05, 0.1) is 24.2 Å². The molecule has 0 fully saturated rings. The van der Waals surface area contributed by atoms with Gasteiger partial charge in [0.15, 0.2) is 5.78 Å². The molecule has 2 aromatic rings. The van der Waals surface area contributed by atoms with Gasteiger partial charge in [-0.1, -0.05) is 12.1 Å². The Morgan fingerprint density at radius 1 is 1.45 bits per heavy atom. The molecule has 0 unspecified atom stereocenters. The summed E-state index contributed by atoms with van der Waals surface area (Å²) < 4.78 is 6.99. The first-order valence-corrected chi connectivity index (χ1v) is 7.61. The largest absolute Gasteiger partial charge is 0.496 e. The molecule has 116 valence electrons. The summed E-state index contributed by atoms with van der Waals surface area (Å²) in [6.45, 7) is 4.57. The fourth-order valence-corrected chi connectivity index (χ4v) is 2.40. The molecular formula is C17H19ClN2O2. The molecule has 0 radical (unpaired) electrons. The Bertz CT molecular complexity index is 705. The van der Waals surface area contributed by atoms with Crippen LogP contribution in [-0.2, 0) is 12.4 Å². The van der Waals surface area contributed by atoms with Crippen LogP contribution in [0.4, 0.5) is 0 Å². The van der Waals surface area contributed by atoms with Gasteiger partial charge in [-0.15, -0.1) is 11.6 Å². The second kappa shape index (κ2) is 7.27. The molecule has 2 rings (SSSR count). The number of ether oxygens (including phenoxy) is 1. The van der Waals surface area contributed by atoms with Crippen molar-refractivity contribution in [3.63, 3.8) is 0 Å². The molecule has 4 nitrogen and oxygen atoms in total. The number of ketones is 1. The second-order valence-corrected chi connectivity index (χ2v) is 5.15. The first-order valence-electron chi connectivity index (χ1n) is 7.08. The number of hydrogen-bond donors (Lipinski definition) is 0. The topological polar surface area (TPSA) is 44.1 Å². The van der Waals surface area contributed by atoms with Crippen LogP contribution in [-0.4, -0.2) is 22.7 Å². The Morgan fingerprint density at radius 2 is 2.23 bits per heavy atom. The van der Waals surface area contributed by atoms with E-state index in [9.17, 15) is 4.79 Å². The van der Waals surface area contributed by atoms with Crippen molar-refractivity contribution in [1.29, 1.82) is 0 Å². The first-order chi connectivity index (χ1) is 10.6. The Labute approximate surface area is 135 Å². The highest BCUT2D eigenvalue weighted by atomic mass is 35.5. The molecule has 0 amide bonds. The van der Waals surface area contributed by atoms with Crippen LogP contribution >= 0.6 is 11.6 Å². The number of methoxy groups -OCH3 is 1. The lowest BCUT2D eigenvalue weighted by Gasteiger charge is -2.06. The quantitative estimate of drug-likeness (QED) is 0.461. The summed E-state index contributed by atoms with van der Waals surface area (Å²) in [4.78, 5) is 12.3. The lowest BCUT2D eigenvalue weighted by molar-refractivity contribution is 0.104. The van der Waals surface area contributed by atoms with Crippen LogP contribution in [0, 0.1) is 6.92 Å². The first kappa shape index (κ1) is 16.3. The summed E-state index contributed by atoms with van der Waals surface area (Å²) in [6.07, 6.45) is 5.12. The van der Waals surface area contributed by atoms with Crippen LogP contribution in [0.25, 0.3) is 6.08 Å². The van der Waals surface area contributed by atoms with Crippen LogP contribution in [0.3, 0.4) is 0 Å². The van der Waals surface area contributed by atoms with E-state index in [1.54, 1.807) is 30.1 Å². The predicted octanol–water partition coefficient (Wildman–Crippen LogP) is 3.85. The average Bonchev–Trinajstić information content (AvgIpc) is 2.93. The van der Waals surface area contributed by atoms with Crippen molar-refractivity contribution >= 4 is 23.5 Å². The van der Waals surface area contributed by atoms with E-state index < -0.39 is 0 Å². The van der Waals surface area contributed by atoms with Crippen molar-refractivity contribution in [2.24, 2.45) is 0 Å². The molecular weight excluding hydrogens is 300 g/mol. The SMILES string of the molecule is CCn1cc(C(=O)/C=C/c2ccc(OC)c(CCl)c2)c(C)n1. The molecule has 0 aliphatic carbocycles. The number of carbonyl (C=O) groups excluding carboxylic acids is 1. The van der Waals surface area contributed by atoms with E-state index in [1.165, 1.54) is 0 Å². The number of aryl methyl sites for hydroxylation is 2. The van der Waals surface area contributed by atoms with Crippen LogP contribution in [0.15, 0.2) is 30.5 Å². The summed E-state index contributed by atoms with van der Waals surface area (Å²) in [5, 5.41) is 4.28.